The first-order chi connectivity index (χ1) is 7.13. The van der Waals surface area contributed by atoms with Crippen LogP contribution in [0.4, 0.5) is 0 Å². The zero-order valence-corrected chi connectivity index (χ0v) is 9.80. The standard InChI is InChI=1S/C11H14Cl2O2/c12-9-4-5-11(13)8(6-9)2-1-3-10(15)7-14/h4-6,10,14-15H,1-3,7H2. The molecule has 1 aromatic carbocycles. The molecular weight excluding hydrogens is 235 g/mol. The lowest BCUT2D eigenvalue weighted by atomic mass is 10.1. The molecule has 0 fully saturated rings. The van der Waals surface area contributed by atoms with E-state index in [4.69, 9.17) is 33.4 Å². The van der Waals surface area contributed by atoms with Crippen molar-refractivity contribution in [1.29, 1.82) is 0 Å². The summed E-state index contributed by atoms with van der Waals surface area (Å²) in [7, 11) is 0. The van der Waals surface area contributed by atoms with Gasteiger partial charge < -0.3 is 10.2 Å². The maximum absolute atomic E-state index is 9.15. The van der Waals surface area contributed by atoms with Gasteiger partial charge in [0.25, 0.3) is 0 Å². The number of hydrogen-bond acceptors (Lipinski definition) is 2. The first kappa shape index (κ1) is 12.8. The predicted molar refractivity (Wildman–Crippen MR) is 62.5 cm³/mol. The van der Waals surface area contributed by atoms with Crippen LogP contribution in [0.25, 0.3) is 0 Å². The van der Waals surface area contributed by atoms with E-state index in [1.807, 2.05) is 6.07 Å². The number of aliphatic hydroxyl groups excluding tert-OH is 2. The molecule has 0 aliphatic carbocycles. The molecule has 1 atom stereocenters. The van der Waals surface area contributed by atoms with Crippen molar-refractivity contribution in [2.45, 2.75) is 25.4 Å². The molecule has 0 amide bonds. The van der Waals surface area contributed by atoms with Crippen LogP contribution in [0, 0.1) is 0 Å². The highest BCUT2D eigenvalue weighted by Crippen LogP contribution is 2.22. The minimum Gasteiger partial charge on any atom is -0.394 e. The summed E-state index contributed by atoms with van der Waals surface area (Å²) in [6.07, 6.45) is 1.47. The van der Waals surface area contributed by atoms with Crippen molar-refractivity contribution in [1.82, 2.24) is 0 Å². The Morgan fingerprint density at radius 1 is 1.27 bits per heavy atom. The molecule has 2 N–H and O–H groups in total. The third-order valence-corrected chi connectivity index (χ3v) is 2.81. The van der Waals surface area contributed by atoms with Crippen LogP contribution in [0.1, 0.15) is 18.4 Å². The van der Waals surface area contributed by atoms with Crippen LogP contribution < -0.4 is 0 Å². The molecule has 0 bridgehead atoms. The molecule has 4 heteroatoms. The highest BCUT2D eigenvalue weighted by atomic mass is 35.5. The Morgan fingerprint density at radius 2 is 2.00 bits per heavy atom. The summed E-state index contributed by atoms with van der Waals surface area (Å²) in [6.45, 7) is -0.191. The third kappa shape index (κ3) is 4.39. The molecule has 15 heavy (non-hydrogen) atoms. The molecule has 0 saturated heterocycles. The molecule has 0 heterocycles. The van der Waals surface area contributed by atoms with Crippen molar-refractivity contribution < 1.29 is 10.2 Å². The van der Waals surface area contributed by atoms with Gasteiger partial charge in [-0.1, -0.05) is 23.2 Å². The molecule has 1 aromatic rings. The Hall–Kier alpha value is -0.280. The van der Waals surface area contributed by atoms with Crippen molar-refractivity contribution in [3.8, 4) is 0 Å². The Balaban J connectivity index is 2.46. The van der Waals surface area contributed by atoms with E-state index >= 15 is 0 Å². The van der Waals surface area contributed by atoms with Gasteiger partial charge in [-0.3, -0.25) is 0 Å². The monoisotopic (exact) mass is 248 g/mol. The summed E-state index contributed by atoms with van der Waals surface area (Å²) >= 11 is 11.8. The average Bonchev–Trinajstić information content (AvgIpc) is 2.23. The number of rotatable bonds is 5. The van der Waals surface area contributed by atoms with Gasteiger partial charge in [-0.15, -0.1) is 0 Å². The van der Waals surface area contributed by atoms with Gasteiger partial charge in [-0.2, -0.15) is 0 Å². The molecule has 0 spiro atoms. The second-order valence-electron chi connectivity index (χ2n) is 3.46. The predicted octanol–water partition coefficient (Wildman–Crippen LogP) is 2.67. The van der Waals surface area contributed by atoms with E-state index in [9.17, 15) is 0 Å². The van der Waals surface area contributed by atoms with E-state index in [0.717, 1.165) is 18.4 Å². The van der Waals surface area contributed by atoms with E-state index in [-0.39, 0.29) is 6.61 Å². The topological polar surface area (TPSA) is 40.5 Å². The van der Waals surface area contributed by atoms with Crippen molar-refractivity contribution in [2.75, 3.05) is 6.61 Å². The van der Waals surface area contributed by atoms with Gasteiger partial charge in [0, 0.05) is 10.0 Å². The van der Waals surface area contributed by atoms with Crippen LogP contribution in [0.5, 0.6) is 0 Å². The Bertz CT molecular complexity index is 315. The molecule has 84 valence electrons. The number of halogens is 2. The number of hydrogen-bond donors (Lipinski definition) is 2. The third-order valence-electron chi connectivity index (χ3n) is 2.20. The highest BCUT2D eigenvalue weighted by molar-refractivity contribution is 6.33. The van der Waals surface area contributed by atoms with E-state index < -0.39 is 6.10 Å². The Kier molecular flexibility index (Phi) is 5.40. The quantitative estimate of drug-likeness (QED) is 0.842. The molecule has 0 aromatic heterocycles. The van der Waals surface area contributed by atoms with Crippen molar-refractivity contribution in [3.63, 3.8) is 0 Å². The summed E-state index contributed by atoms with van der Waals surface area (Å²) in [5.41, 5.74) is 0.981. The van der Waals surface area contributed by atoms with Crippen LogP contribution in [-0.4, -0.2) is 22.9 Å². The van der Waals surface area contributed by atoms with Crippen LogP contribution >= 0.6 is 23.2 Å². The summed E-state index contributed by atoms with van der Waals surface area (Å²) in [5, 5.41) is 19.1. The lowest BCUT2D eigenvalue weighted by Gasteiger charge is -2.07. The maximum atomic E-state index is 9.15. The molecule has 0 aliphatic heterocycles. The second kappa shape index (κ2) is 6.33. The van der Waals surface area contributed by atoms with Gasteiger partial charge in [-0.25, -0.2) is 0 Å². The van der Waals surface area contributed by atoms with Crippen molar-refractivity contribution in [2.24, 2.45) is 0 Å². The minimum atomic E-state index is -0.636. The summed E-state index contributed by atoms with van der Waals surface area (Å²) in [5.74, 6) is 0. The van der Waals surface area contributed by atoms with Crippen LogP contribution in [0.3, 0.4) is 0 Å². The largest absolute Gasteiger partial charge is 0.394 e. The number of benzene rings is 1. The van der Waals surface area contributed by atoms with E-state index in [1.54, 1.807) is 12.1 Å². The molecule has 0 radical (unpaired) electrons. The van der Waals surface area contributed by atoms with Crippen molar-refractivity contribution in [3.05, 3.63) is 33.8 Å². The smallest absolute Gasteiger partial charge is 0.0771 e. The lowest BCUT2D eigenvalue weighted by Crippen LogP contribution is -2.11. The molecule has 0 aliphatic rings. The second-order valence-corrected chi connectivity index (χ2v) is 4.31. The van der Waals surface area contributed by atoms with Gasteiger partial charge in [-0.05, 0) is 43.0 Å². The van der Waals surface area contributed by atoms with E-state index in [2.05, 4.69) is 0 Å². The van der Waals surface area contributed by atoms with Gasteiger partial charge in [0.15, 0.2) is 0 Å². The molecule has 1 rings (SSSR count). The average molecular weight is 249 g/mol. The summed E-state index contributed by atoms with van der Waals surface area (Å²) < 4.78 is 0. The minimum absolute atomic E-state index is 0.191. The lowest BCUT2D eigenvalue weighted by molar-refractivity contribution is 0.0867. The molecular formula is C11H14Cl2O2. The van der Waals surface area contributed by atoms with E-state index in [1.165, 1.54) is 0 Å². The number of aryl methyl sites for hydroxylation is 1. The van der Waals surface area contributed by atoms with Gasteiger partial charge >= 0.3 is 0 Å². The molecule has 2 nitrogen and oxygen atoms in total. The zero-order valence-electron chi connectivity index (χ0n) is 8.29. The normalized spacial score (nSPS) is 12.8. The highest BCUT2D eigenvalue weighted by Gasteiger charge is 2.04. The van der Waals surface area contributed by atoms with Crippen molar-refractivity contribution >= 4 is 23.2 Å². The van der Waals surface area contributed by atoms with Crippen LogP contribution in [0.15, 0.2) is 18.2 Å². The van der Waals surface area contributed by atoms with Crippen LogP contribution in [-0.2, 0) is 6.42 Å². The molecule has 0 saturated carbocycles. The maximum Gasteiger partial charge on any atom is 0.0771 e. The van der Waals surface area contributed by atoms with Gasteiger partial charge in [0.1, 0.15) is 0 Å². The Labute approximate surface area is 99.5 Å². The fourth-order valence-corrected chi connectivity index (χ4v) is 1.76. The first-order valence-electron chi connectivity index (χ1n) is 4.86. The zero-order chi connectivity index (χ0) is 11.3. The van der Waals surface area contributed by atoms with Crippen LogP contribution in [0.2, 0.25) is 10.0 Å². The summed E-state index contributed by atoms with van der Waals surface area (Å²) in [4.78, 5) is 0. The van der Waals surface area contributed by atoms with Gasteiger partial charge in [0.2, 0.25) is 0 Å². The fourth-order valence-electron chi connectivity index (χ4n) is 1.35. The number of aliphatic hydroxyl groups is 2. The molecule has 1 unspecified atom stereocenters. The van der Waals surface area contributed by atoms with E-state index in [0.29, 0.717) is 16.5 Å². The SMILES string of the molecule is OCC(O)CCCc1cc(Cl)ccc1Cl. The first-order valence-corrected chi connectivity index (χ1v) is 5.62. The Morgan fingerprint density at radius 3 is 2.67 bits per heavy atom. The van der Waals surface area contributed by atoms with Gasteiger partial charge in [0.05, 0.1) is 12.7 Å². The fraction of sp³-hybridized carbons (Fsp3) is 0.455. The summed E-state index contributed by atoms with van der Waals surface area (Å²) in [6, 6.07) is 5.34.